The molecule has 1 atom stereocenters. The van der Waals surface area contributed by atoms with Crippen LogP contribution in [0.4, 0.5) is 4.79 Å². The van der Waals surface area contributed by atoms with E-state index in [9.17, 15) is 10.0 Å². The second-order valence-corrected chi connectivity index (χ2v) is 6.50. The fraction of sp³-hybridized carbons (Fsp3) is 0.562. The Morgan fingerprint density at radius 1 is 1.50 bits per heavy atom. The van der Waals surface area contributed by atoms with Gasteiger partial charge in [-0.05, 0) is 39.3 Å². The molecule has 1 fully saturated rings. The van der Waals surface area contributed by atoms with Crippen molar-refractivity contribution < 1.29 is 14.7 Å². The Bertz CT molecular complexity index is 578. The van der Waals surface area contributed by atoms with Crippen molar-refractivity contribution in [3.63, 3.8) is 0 Å². The average molecular weight is 305 g/mol. The van der Waals surface area contributed by atoms with Crippen LogP contribution in [0.2, 0.25) is 0 Å². The SMILES string of the molecule is Cc1ncccc1C1CN(C(=O)OC(C)(C)C)CC/C1=N/O. The van der Waals surface area contributed by atoms with Gasteiger partial charge in [-0.25, -0.2) is 4.79 Å². The van der Waals surface area contributed by atoms with Gasteiger partial charge in [-0.1, -0.05) is 11.2 Å². The van der Waals surface area contributed by atoms with Crippen LogP contribution in [0, 0.1) is 6.92 Å². The highest BCUT2D eigenvalue weighted by atomic mass is 16.6. The standard InChI is InChI=1S/C16H23N3O3/c1-11-12(6-5-8-17-11)13-10-19(9-7-14(13)18-21)15(20)22-16(2,3)4/h5-6,8,13,21H,7,9-10H2,1-4H3/b18-14-. The maximum atomic E-state index is 12.3. The molecule has 2 rings (SSSR count). The highest BCUT2D eigenvalue weighted by Crippen LogP contribution is 2.27. The van der Waals surface area contributed by atoms with Gasteiger partial charge in [0.1, 0.15) is 5.60 Å². The zero-order valence-electron chi connectivity index (χ0n) is 13.5. The highest BCUT2D eigenvalue weighted by molar-refractivity contribution is 5.92. The number of carbonyl (C=O) groups excluding carboxylic acids is 1. The highest BCUT2D eigenvalue weighted by Gasteiger charge is 2.33. The molecule has 0 aliphatic carbocycles. The smallest absolute Gasteiger partial charge is 0.410 e. The number of nitrogens with zero attached hydrogens (tertiary/aromatic N) is 3. The second-order valence-electron chi connectivity index (χ2n) is 6.50. The van der Waals surface area contributed by atoms with E-state index < -0.39 is 5.60 Å². The number of oxime groups is 1. The molecule has 1 N–H and O–H groups in total. The Balaban J connectivity index is 2.21. The number of hydrogen-bond acceptors (Lipinski definition) is 5. The fourth-order valence-corrected chi connectivity index (χ4v) is 2.60. The van der Waals surface area contributed by atoms with Gasteiger partial charge < -0.3 is 14.8 Å². The summed E-state index contributed by atoms with van der Waals surface area (Å²) >= 11 is 0. The molecule has 0 aromatic carbocycles. The molecule has 2 heterocycles. The molecule has 1 aliphatic heterocycles. The average Bonchev–Trinajstić information content (AvgIpc) is 2.45. The van der Waals surface area contributed by atoms with Crippen LogP contribution in [0.1, 0.15) is 44.4 Å². The van der Waals surface area contributed by atoms with Gasteiger partial charge in [-0.15, -0.1) is 0 Å². The van der Waals surface area contributed by atoms with E-state index in [4.69, 9.17) is 4.74 Å². The molecule has 1 saturated heterocycles. The first-order valence-corrected chi connectivity index (χ1v) is 7.42. The first kappa shape index (κ1) is 16.3. The van der Waals surface area contributed by atoms with E-state index in [0.717, 1.165) is 11.3 Å². The number of ether oxygens (including phenoxy) is 1. The van der Waals surface area contributed by atoms with Crippen LogP contribution in [-0.4, -0.2) is 45.6 Å². The van der Waals surface area contributed by atoms with Crippen molar-refractivity contribution in [2.24, 2.45) is 5.16 Å². The molecule has 120 valence electrons. The summed E-state index contributed by atoms with van der Waals surface area (Å²) in [6.07, 6.45) is 1.91. The molecule has 0 saturated carbocycles. The molecule has 1 amide bonds. The zero-order chi connectivity index (χ0) is 16.3. The van der Waals surface area contributed by atoms with Crippen LogP contribution in [0.5, 0.6) is 0 Å². The summed E-state index contributed by atoms with van der Waals surface area (Å²) in [6, 6.07) is 3.81. The van der Waals surface area contributed by atoms with Crippen molar-refractivity contribution in [1.82, 2.24) is 9.88 Å². The molecule has 1 aromatic rings. The van der Waals surface area contributed by atoms with Crippen LogP contribution in [0.15, 0.2) is 23.5 Å². The topological polar surface area (TPSA) is 75.0 Å². The number of aromatic nitrogens is 1. The van der Waals surface area contributed by atoms with E-state index in [0.29, 0.717) is 25.2 Å². The number of rotatable bonds is 1. The van der Waals surface area contributed by atoms with E-state index in [-0.39, 0.29) is 12.0 Å². The summed E-state index contributed by atoms with van der Waals surface area (Å²) in [5.74, 6) is -0.153. The normalized spacial score (nSPS) is 21.0. The first-order valence-electron chi connectivity index (χ1n) is 7.42. The van der Waals surface area contributed by atoms with Crippen LogP contribution in [0.3, 0.4) is 0 Å². The predicted octanol–water partition coefficient (Wildman–Crippen LogP) is 2.94. The molecular weight excluding hydrogens is 282 g/mol. The molecule has 6 nitrogen and oxygen atoms in total. The lowest BCUT2D eigenvalue weighted by atomic mass is 9.88. The van der Waals surface area contributed by atoms with Gasteiger partial charge in [0, 0.05) is 37.3 Å². The molecule has 22 heavy (non-hydrogen) atoms. The van der Waals surface area contributed by atoms with Gasteiger partial charge in [0.2, 0.25) is 0 Å². The first-order chi connectivity index (χ1) is 10.3. The Labute approximate surface area is 130 Å². The van der Waals surface area contributed by atoms with Gasteiger partial charge in [-0.3, -0.25) is 4.98 Å². The van der Waals surface area contributed by atoms with Crippen molar-refractivity contribution in [3.05, 3.63) is 29.6 Å². The fourth-order valence-electron chi connectivity index (χ4n) is 2.60. The van der Waals surface area contributed by atoms with Crippen LogP contribution in [-0.2, 0) is 4.74 Å². The molecular formula is C16H23N3O3. The largest absolute Gasteiger partial charge is 0.444 e. The van der Waals surface area contributed by atoms with Crippen molar-refractivity contribution in [2.75, 3.05) is 13.1 Å². The minimum absolute atomic E-state index is 0.153. The maximum absolute atomic E-state index is 12.3. The van der Waals surface area contributed by atoms with E-state index >= 15 is 0 Å². The predicted molar refractivity (Wildman–Crippen MR) is 83.4 cm³/mol. The quantitative estimate of drug-likeness (QED) is 0.639. The number of amides is 1. The number of likely N-dealkylation sites (tertiary alicyclic amines) is 1. The molecule has 0 spiro atoms. The number of hydrogen-bond donors (Lipinski definition) is 1. The minimum atomic E-state index is -0.526. The summed E-state index contributed by atoms with van der Waals surface area (Å²) in [5, 5.41) is 12.7. The number of carbonyl (C=O) groups is 1. The van der Waals surface area contributed by atoms with Gasteiger partial charge in [-0.2, -0.15) is 0 Å². The number of pyridine rings is 1. The van der Waals surface area contributed by atoms with Gasteiger partial charge >= 0.3 is 6.09 Å². The third-order valence-electron chi connectivity index (χ3n) is 3.65. The van der Waals surface area contributed by atoms with Crippen LogP contribution >= 0.6 is 0 Å². The van der Waals surface area contributed by atoms with Crippen LogP contribution < -0.4 is 0 Å². The Morgan fingerprint density at radius 3 is 2.82 bits per heavy atom. The Hall–Kier alpha value is -2.11. The van der Waals surface area contributed by atoms with E-state index in [2.05, 4.69) is 10.1 Å². The summed E-state index contributed by atoms with van der Waals surface area (Å²) in [4.78, 5) is 18.2. The summed E-state index contributed by atoms with van der Waals surface area (Å²) in [6.45, 7) is 8.37. The molecule has 1 aliphatic rings. The van der Waals surface area contributed by atoms with Crippen molar-refractivity contribution in [2.45, 2.75) is 45.6 Å². The Morgan fingerprint density at radius 2 is 2.23 bits per heavy atom. The van der Waals surface area contributed by atoms with E-state index in [1.165, 1.54) is 0 Å². The lowest BCUT2D eigenvalue weighted by Crippen LogP contribution is -2.45. The zero-order valence-corrected chi connectivity index (χ0v) is 13.5. The summed E-state index contributed by atoms with van der Waals surface area (Å²) in [7, 11) is 0. The van der Waals surface area contributed by atoms with Gasteiger partial charge in [0.05, 0.1) is 5.71 Å². The number of aryl methyl sites for hydroxylation is 1. The lowest BCUT2D eigenvalue weighted by Gasteiger charge is -2.35. The van der Waals surface area contributed by atoms with Gasteiger partial charge in [0.15, 0.2) is 0 Å². The Kier molecular flexibility index (Phi) is 4.68. The van der Waals surface area contributed by atoms with Crippen molar-refractivity contribution in [3.8, 4) is 0 Å². The third kappa shape index (κ3) is 3.75. The van der Waals surface area contributed by atoms with Crippen molar-refractivity contribution >= 4 is 11.8 Å². The van der Waals surface area contributed by atoms with Gasteiger partial charge in [0.25, 0.3) is 0 Å². The van der Waals surface area contributed by atoms with Crippen molar-refractivity contribution in [1.29, 1.82) is 0 Å². The molecule has 6 heteroatoms. The minimum Gasteiger partial charge on any atom is -0.444 e. The molecule has 1 unspecified atom stereocenters. The molecule has 0 bridgehead atoms. The monoisotopic (exact) mass is 305 g/mol. The third-order valence-corrected chi connectivity index (χ3v) is 3.65. The summed E-state index contributed by atoms with van der Waals surface area (Å²) < 4.78 is 5.43. The maximum Gasteiger partial charge on any atom is 0.410 e. The van der Waals surface area contributed by atoms with E-state index in [1.807, 2.05) is 39.8 Å². The summed E-state index contributed by atoms with van der Waals surface area (Å²) in [5.41, 5.74) is 2.00. The molecule has 0 radical (unpaired) electrons. The number of piperidine rings is 1. The van der Waals surface area contributed by atoms with E-state index in [1.54, 1.807) is 11.1 Å². The van der Waals surface area contributed by atoms with Crippen LogP contribution in [0.25, 0.3) is 0 Å². The molecule has 1 aromatic heterocycles. The lowest BCUT2D eigenvalue weighted by molar-refractivity contribution is 0.0238. The second kappa shape index (κ2) is 6.34.